The zero-order valence-electron chi connectivity index (χ0n) is 21.6. The standard InChI is InChI=1S/C30H38N2O3S/c1-3-4-5-6-7-8-9-10-11-12-21-34-27-19-15-26(16-20-27)29(33)35-28-17-13-25(14-18-28)23-32-30-31-22-24(2)36-30/h13-20,22-23H,3-12,21H2,1-2H3/b32-23+. The molecule has 2 aromatic carbocycles. The molecule has 0 aliphatic heterocycles. The van der Waals surface area contributed by atoms with Crippen LogP contribution in [0.2, 0.25) is 0 Å². The lowest BCUT2D eigenvalue weighted by Crippen LogP contribution is -2.08. The number of benzene rings is 2. The Kier molecular flexibility index (Phi) is 12.2. The molecule has 5 nitrogen and oxygen atoms in total. The van der Waals surface area contributed by atoms with E-state index in [-0.39, 0.29) is 0 Å². The first kappa shape index (κ1) is 27.6. The molecule has 0 radical (unpaired) electrons. The lowest BCUT2D eigenvalue weighted by atomic mass is 10.1. The molecule has 1 aromatic heterocycles. The molecule has 6 heteroatoms. The molecular weight excluding hydrogens is 468 g/mol. The number of hydrogen-bond donors (Lipinski definition) is 0. The van der Waals surface area contributed by atoms with Crippen LogP contribution in [0.5, 0.6) is 11.5 Å². The van der Waals surface area contributed by atoms with E-state index in [0.717, 1.165) is 27.7 Å². The molecule has 3 aromatic rings. The summed E-state index contributed by atoms with van der Waals surface area (Å²) in [5.41, 5.74) is 1.40. The van der Waals surface area contributed by atoms with Crippen LogP contribution in [-0.2, 0) is 0 Å². The van der Waals surface area contributed by atoms with Crippen LogP contribution >= 0.6 is 11.3 Å². The molecule has 0 atom stereocenters. The summed E-state index contributed by atoms with van der Waals surface area (Å²) in [6, 6.07) is 14.4. The first-order chi connectivity index (χ1) is 17.6. The van der Waals surface area contributed by atoms with E-state index < -0.39 is 5.97 Å². The minimum absolute atomic E-state index is 0.393. The number of thiazole rings is 1. The quantitative estimate of drug-likeness (QED) is 0.0843. The molecule has 0 unspecified atom stereocenters. The molecule has 0 aliphatic carbocycles. The molecule has 36 heavy (non-hydrogen) atoms. The van der Waals surface area contributed by atoms with Crippen molar-refractivity contribution in [3.05, 3.63) is 70.7 Å². The van der Waals surface area contributed by atoms with Crippen molar-refractivity contribution >= 4 is 28.7 Å². The summed E-state index contributed by atoms with van der Waals surface area (Å²) in [6.07, 6.45) is 16.6. The lowest BCUT2D eigenvalue weighted by Gasteiger charge is -2.08. The largest absolute Gasteiger partial charge is 0.494 e. The predicted molar refractivity (Wildman–Crippen MR) is 149 cm³/mol. The van der Waals surface area contributed by atoms with E-state index in [2.05, 4.69) is 16.9 Å². The maximum atomic E-state index is 12.5. The van der Waals surface area contributed by atoms with E-state index in [1.807, 2.05) is 31.2 Å². The first-order valence-electron chi connectivity index (χ1n) is 13.2. The SMILES string of the molecule is CCCCCCCCCCCCOc1ccc(C(=O)Oc2ccc(/C=N/c3ncc(C)s3)cc2)cc1. The summed E-state index contributed by atoms with van der Waals surface area (Å²) >= 11 is 1.54. The van der Waals surface area contributed by atoms with E-state index in [9.17, 15) is 4.79 Å². The van der Waals surface area contributed by atoms with Crippen LogP contribution < -0.4 is 9.47 Å². The van der Waals surface area contributed by atoms with Crippen LogP contribution in [-0.4, -0.2) is 23.8 Å². The number of nitrogens with zero attached hydrogens (tertiary/aromatic N) is 2. The van der Waals surface area contributed by atoms with Crippen molar-refractivity contribution in [2.45, 2.75) is 78.1 Å². The lowest BCUT2D eigenvalue weighted by molar-refractivity contribution is 0.0734. The van der Waals surface area contributed by atoms with Crippen molar-refractivity contribution < 1.29 is 14.3 Å². The van der Waals surface area contributed by atoms with Crippen molar-refractivity contribution in [1.82, 2.24) is 4.98 Å². The smallest absolute Gasteiger partial charge is 0.343 e. The second-order valence-corrected chi connectivity index (χ2v) is 10.2. The third-order valence-corrected chi connectivity index (χ3v) is 6.70. The highest BCUT2D eigenvalue weighted by Crippen LogP contribution is 2.21. The Balaban J connectivity index is 1.32. The van der Waals surface area contributed by atoms with Gasteiger partial charge in [-0.15, -0.1) is 11.3 Å². The Morgan fingerprint density at radius 3 is 2.08 bits per heavy atom. The van der Waals surface area contributed by atoms with Crippen molar-refractivity contribution in [3.8, 4) is 11.5 Å². The number of aromatic nitrogens is 1. The molecule has 0 fully saturated rings. The first-order valence-corrected chi connectivity index (χ1v) is 14.0. The number of carbonyl (C=O) groups excluding carboxylic acids is 1. The summed E-state index contributed by atoms with van der Waals surface area (Å²) in [6.45, 7) is 4.97. The Labute approximate surface area is 219 Å². The zero-order chi connectivity index (χ0) is 25.4. The van der Waals surface area contributed by atoms with Gasteiger partial charge in [0.15, 0.2) is 0 Å². The van der Waals surface area contributed by atoms with Crippen molar-refractivity contribution in [3.63, 3.8) is 0 Å². The van der Waals surface area contributed by atoms with Crippen LogP contribution in [0, 0.1) is 6.92 Å². The molecule has 0 saturated heterocycles. The van der Waals surface area contributed by atoms with E-state index in [1.54, 1.807) is 48.0 Å². The van der Waals surface area contributed by atoms with Gasteiger partial charge in [-0.05, 0) is 67.4 Å². The number of hydrogen-bond acceptors (Lipinski definition) is 6. The minimum Gasteiger partial charge on any atom is -0.494 e. The Morgan fingerprint density at radius 1 is 0.861 bits per heavy atom. The van der Waals surface area contributed by atoms with Crippen LogP contribution in [0.3, 0.4) is 0 Å². The molecule has 0 spiro atoms. The predicted octanol–water partition coefficient (Wildman–Crippen LogP) is 8.72. The van der Waals surface area contributed by atoms with Crippen molar-refractivity contribution in [1.29, 1.82) is 0 Å². The summed E-state index contributed by atoms with van der Waals surface area (Å²) in [5, 5.41) is 0.721. The fourth-order valence-electron chi connectivity index (χ4n) is 3.79. The van der Waals surface area contributed by atoms with Gasteiger partial charge in [-0.2, -0.15) is 0 Å². The molecular formula is C30H38N2O3S. The number of aliphatic imine (C=N–C) groups is 1. The van der Waals surface area contributed by atoms with Gasteiger partial charge in [0, 0.05) is 17.3 Å². The molecule has 192 valence electrons. The van der Waals surface area contributed by atoms with Crippen LogP contribution in [0.1, 0.15) is 91.9 Å². The fraction of sp³-hybridized carbons (Fsp3) is 0.433. The van der Waals surface area contributed by atoms with E-state index in [0.29, 0.717) is 17.9 Å². The topological polar surface area (TPSA) is 60.8 Å². The fourth-order valence-corrected chi connectivity index (χ4v) is 4.39. The third-order valence-electron chi connectivity index (χ3n) is 5.88. The number of rotatable bonds is 16. The number of unbranched alkanes of at least 4 members (excludes halogenated alkanes) is 9. The van der Waals surface area contributed by atoms with Crippen LogP contribution in [0.25, 0.3) is 0 Å². The van der Waals surface area contributed by atoms with Gasteiger partial charge in [-0.3, -0.25) is 0 Å². The number of carbonyl (C=O) groups is 1. The highest BCUT2D eigenvalue weighted by atomic mass is 32.1. The maximum absolute atomic E-state index is 12.5. The molecule has 0 N–H and O–H groups in total. The molecule has 0 saturated carbocycles. The molecule has 0 amide bonds. The maximum Gasteiger partial charge on any atom is 0.343 e. The normalized spacial score (nSPS) is 11.2. The number of aryl methyl sites for hydroxylation is 1. The molecule has 1 heterocycles. The monoisotopic (exact) mass is 506 g/mol. The molecule has 3 rings (SSSR count). The Bertz CT molecular complexity index is 1060. The van der Waals surface area contributed by atoms with Gasteiger partial charge in [0.05, 0.1) is 12.2 Å². The van der Waals surface area contributed by atoms with Gasteiger partial charge in [0.25, 0.3) is 0 Å². The second-order valence-electron chi connectivity index (χ2n) is 9.03. The number of esters is 1. The van der Waals surface area contributed by atoms with Gasteiger partial charge in [0.2, 0.25) is 5.13 Å². The van der Waals surface area contributed by atoms with Gasteiger partial charge >= 0.3 is 5.97 Å². The second kappa shape index (κ2) is 15.9. The highest BCUT2D eigenvalue weighted by molar-refractivity contribution is 7.15. The highest BCUT2D eigenvalue weighted by Gasteiger charge is 2.09. The summed E-state index contributed by atoms with van der Waals surface area (Å²) < 4.78 is 11.3. The van der Waals surface area contributed by atoms with Crippen LogP contribution in [0.15, 0.2) is 59.7 Å². The Morgan fingerprint density at radius 2 is 1.47 bits per heavy atom. The van der Waals surface area contributed by atoms with Gasteiger partial charge in [0.1, 0.15) is 11.5 Å². The van der Waals surface area contributed by atoms with Crippen molar-refractivity contribution in [2.24, 2.45) is 4.99 Å². The third kappa shape index (κ3) is 10.3. The van der Waals surface area contributed by atoms with Crippen molar-refractivity contribution in [2.75, 3.05) is 6.61 Å². The Hall–Kier alpha value is -2.99. The molecule has 0 bridgehead atoms. The van der Waals surface area contributed by atoms with Gasteiger partial charge in [-0.25, -0.2) is 14.8 Å². The summed E-state index contributed by atoms with van der Waals surface area (Å²) in [7, 11) is 0. The summed E-state index contributed by atoms with van der Waals surface area (Å²) in [5.74, 6) is 0.876. The van der Waals surface area contributed by atoms with E-state index in [4.69, 9.17) is 9.47 Å². The van der Waals surface area contributed by atoms with E-state index >= 15 is 0 Å². The minimum atomic E-state index is -0.393. The average Bonchev–Trinajstić information content (AvgIpc) is 3.32. The molecule has 0 aliphatic rings. The van der Waals surface area contributed by atoms with Crippen LogP contribution in [0.4, 0.5) is 5.13 Å². The van der Waals surface area contributed by atoms with Gasteiger partial charge in [-0.1, -0.05) is 64.7 Å². The zero-order valence-corrected chi connectivity index (χ0v) is 22.4. The van der Waals surface area contributed by atoms with E-state index in [1.165, 1.54) is 57.8 Å². The van der Waals surface area contributed by atoms with Gasteiger partial charge < -0.3 is 9.47 Å². The average molecular weight is 507 g/mol. The number of ether oxygens (including phenoxy) is 2. The summed E-state index contributed by atoms with van der Waals surface area (Å²) in [4.78, 5) is 22.2.